The summed E-state index contributed by atoms with van der Waals surface area (Å²) in [7, 11) is 1.66. The predicted octanol–water partition coefficient (Wildman–Crippen LogP) is 5.54. The quantitative estimate of drug-likeness (QED) is 0.431. The highest BCUT2D eigenvalue weighted by molar-refractivity contribution is 9.10. The average Bonchev–Trinajstić information content (AvgIpc) is 2.95. The lowest BCUT2D eigenvalue weighted by atomic mass is 10.2. The van der Waals surface area contributed by atoms with Crippen LogP contribution in [-0.2, 0) is 0 Å². The summed E-state index contributed by atoms with van der Waals surface area (Å²) in [5.41, 5.74) is 2.87. The summed E-state index contributed by atoms with van der Waals surface area (Å²) in [6.45, 7) is 0. The fraction of sp³-hybridized carbons (Fsp3) is 0.125. The van der Waals surface area contributed by atoms with Crippen LogP contribution in [0.2, 0.25) is 0 Å². The van der Waals surface area contributed by atoms with Gasteiger partial charge >= 0.3 is 0 Å². The maximum Gasteiger partial charge on any atom is 0.150 e. The van der Waals surface area contributed by atoms with Crippen LogP contribution in [0.25, 0.3) is 10.2 Å². The smallest absolute Gasteiger partial charge is 0.150 e. The first kappa shape index (κ1) is 15.5. The molecule has 2 aromatic carbocycles. The average molecular weight is 393 g/mol. The van der Waals surface area contributed by atoms with Gasteiger partial charge in [-0.25, -0.2) is 4.98 Å². The van der Waals surface area contributed by atoms with Gasteiger partial charge < -0.3 is 4.74 Å². The van der Waals surface area contributed by atoms with Crippen molar-refractivity contribution >= 4 is 61.1 Å². The monoisotopic (exact) mass is 392 g/mol. The fourth-order valence-electron chi connectivity index (χ4n) is 2.01. The number of nitrogens with zero attached hydrogens (tertiary/aromatic N) is 2. The number of thioether (sulfide) groups is 1. The summed E-state index contributed by atoms with van der Waals surface area (Å²) in [4.78, 5) is 9.09. The van der Waals surface area contributed by atoms with Crippen molar-refractivity contribution in [2.24, 2.45) is 4.99 Å². The Morgan fingerprint density at radius 3 is 2.91 bits per heavy atom. The van der Waals surface area contributed by atoms with Crippen molar-refractivity contribution in [1.82, 2.24) is 4.98 Å². The highest BCUT2D eigenvalue weighted by Crippen LogP contribution is 2.31. The number of fused-ring (bicyclic) bond motifs is 1. The molecule has 6 heteroatoms. The second kappa shape index (κ2) is 6.81. The van der Waals surface area contributed by atoms with Gasteiger partial charge in [0.2, 0.25) is 0 Å². The van der Waals surface area contributed by atoms with E-state index >= 15 is 0 Å². The van der Waals surface area contributed by atoms with Crippen LogP contribution < -0.4 is 4.74 Å². The van der Waals surface area contributed by atoms with E-state index in [1.165, 1.54) is 0 Å². The van der Waals surface area contributed by atoms with Crippen LogP contribution in [0.5, 0.6) is 5.75 Å². The molecular formula is C16H13BrN2OS2. The molecule has 0 saturated heterocycles. The molecule has 112 valence electrons. The maximum atomic E-state index is 5.35. The number of halogens is 1. The number of aliphatic imine (C=N–C) groups is 1. The molecule has 0 fully saturated rings. The SMILES string of the molecule is COc1ccc(Br)cc1C=Nc1ccc2nc(SC)sc2c1. The number of aromatic nitrogens is 1. The number of thiazole rings is 1. The van der Waals surface area contributed by atoms with E-state index in [2.05, 4.69) is 32.0 Å². The molecule has 0 N–H and O–H groups in total. The molecule has 1 heterocycles. The van der Waals surface area contributed by atoms with Crippen LogP contribution >= 0.6 is 39.0 Å². The van der Waals surface area contributed by atoms with Crippen molar-refractivity contribution in [1.29, 1.82) is 0 Å². The summed E-state index contributed by atoms with van der Waals surface area (Å²) in [5.74, 6) is 0.801. The van der Waals surface area contributed by atoms with Crippen LogP contribution in [0.4, 0.5) is 5.69 Å². The Hall–Kier alpha value is -1.37. The predicted molar refractivity (Wildman–Crippen MR) is 99.3 cm³/mol. The number of benzene rings is 2. The Morgan fingerprint density at radius 1 is 1.27 bits per heavy atom. The third-order valence-corrected chi connectivity index (χ3v) is 5.57. The summed E-state index contributed by atoms with van der Waals surface area (Å²) < 4.78 is 8.58. The summed E-state index contributed by atoms with van der Waals surface area (Å²) >= 11 is 6.82. The molecule has 0 bridgehead atoms. The van der Waals surface area contributed by atoms with E-state index < -0.39 is 0 Å². The zero-order valence-electron chi connectivity index (χ0n) is 12.0. The van der Waals surface area contributed by atoms with E-state index in [1.54, 1.807) is 30.2 Å². The van der Waals surface area contributed by atoms with Gasteiger partial charge in [-0.3, -0.25) is 4.99 Å². The number of methoxy groups -OCH3 is 1. The molecule has 3 aromatic rings. The van der Waals surface area contributed by atoms with E-state index in [-0.39, 0.29) is 0 Å². The number of hydrogen-bond acceptors (Lipinski definition) is 5. The number of rotatable bonds is 4. The first-order chi connectivity index (χ1) is 10.7. The molecule has 0 spiro atoms. The van der Waals surface area contributed by atoms with Gasteiger partial charge in [0, 0.05) is 16.3 Å². The van der Waals surface area contributed by atoms with Gasteiger partial charge in [-0.05, 0) is 42.7 Å². The molecule has 3 rings (SSSR count). The Balaban J connectivity index is 1.93. The van der Waals surface area contributed by atoms with E-state index in [0.29, 0.717) is 0 Å². The van der Waals surface area contributed by atoms with Gasteiger partial charge in [-0.1, -0.05) is 27.7 Å². The van der Waals surface area contributed by atoms with Gasteiger partial charge in [0.15, 0.2) is 4.34 Å². The van der Waals surface area contributed by atoms with E-state index in [4.69, 9.17) is 4.74 Å². The van der Waals surface area contributed by atoms with Crippen molar-refractivity contribution in [2.75, 3.05) is 13.4 Å². The summed E-state index contributed by atoms with van der Waals surface area (Å²) in [6.07, 6.45) is 3.86. The van der Waals surface area contributed by atoms with Crippen LogP contribution in [0.1, 0.15) is 5.56 Å². The molecule has 3 nitrogen and oxygen atoms in total. The lowest BCUT2D eigenvalue weighted by Crippen LogP contribution is -1.90. The number of ether oxygens (including phenoxy) is 1. The largest absolute Gasteiger partial charge is 0.496 e. The zero-order chi connectivity index (χ0) is 15.5. The van der Waals surface area contributed by atoms with Crippen molar-refractivity contribution < 1.29 is 4.74 Å². The molecule has 22 heavy (non-hydrogen) atoms. The molecule has 0 aliphatic carbocycles. The third-order valence-electron chi connectivity index (χ3n) is 3.07. The van der Waals surface area contributed by atoms with Crippen LogP contribution in [0, 0.1) is 0 Å². The van der Waals surface area contributed by atoms with Gasteiger partial charge in [-0.2, -0.15) is 0 Å². The van der Waals surface area contributed by atoms with Crippen molar-refractivity contribution in [2.45, 2.75) is 4.34 Å². The normalized spacial score (nSPS) is 11.4. The van der Waals surface area contributed by atoms with E-state index in [9.17, 15) is 0 Å². The van der Waals surface area contributed by atoms with Crippen molar-refractivity contribution in [3.8, 4) is 5.75 Å². The minimum atomic E-state index is 0.801. The highest BCUT2D eigenvalue weighted by atomic mass is 79.9. The molecule has 0 aliphatic rings. The Kier molecular flexibility index (Phi) is 4.81. The minimum Gasteiger partial charge on any atom is -0.496 e. The maximum absolute atomic E-state index is 5.35. The topological polar surface area (TPSA) is 34.5 Å². The molecule has 0 aliphatic heterocycles. The van der Waals surface area contributed by atoms with Gasteiger partial charge in [0.1, 0.15) is 5.75 Å². The molecule has 0 amide bonds. The molecule has 1 aromatic heterocycles. The van der Waals surface area contributed by atoms with Crippen molar-refractivity contribution in [3.63, 3.8) is 0 Å². The first-order valence-electron chi connectivity index (χ1n) is 6.52. The first-order valence-corrected chi connectivity index (χ1v) is 9.35. The molecular weight excluding hydrogens is 380 g/mol. The lowest BCUT2D eigenvalue weighted by molar-refractivity contribution is 0.414. The van der Waals surface area contributed by atoms with Crippen LogP contribution in [0.3, 0.4) is 0 Å². The van der Waals surface area contributed by atoms with Gasteiger partial charge in [0.05, 0.1) is 23.0 Å². The zero-order valence-corrected chi connectivity index (χ0v) is 15.3. The highest BCUT2D eigenvalue weighted by Gasteiger charge is 2.04. The second-order valence-electron chi connectivity index (χ2n) is 4.48. The third kappa shape index (κ3) is 3.34. The second-order valence-corrected chi connectivity index (χ2v) is 7.48. The molecule has 0 unspecified atom stereocenters. The fourth-order valence-corrected chi connectivity index (χ4v) is 3.91. The van der Waals surface area contributed by atoms with Crippen molar-refractivity contribution in [3.05, 3.63) is 46.4 Å². The lowest BCUT2D eigenvalue weighted by Gasteiger charge is -2.04. The minimum absolute atomic E-state index is 0.801. The Morgan fingerprint density at radius 2 is 2.14 bits per heavy atom. The Bertz CT molecular complexity index is 845. The van der Waals surface area contributed by atoms with Crippen LogP contribution in [-0.4, -0.2) is 24.6 Å². The summed E-state index contributed by atoms with van der Waals surface area (Å²) in [6, 6.07) is 11.9. The molecule has 0 saturated carbocycles. The van der Waals surface area contributed by atoms with E-state index in [0.717, 1.165) is 36.0 Å². The van der Waals surface area contributed by atoms with E-state index in [1.807, 2.05) is 42.8 Å². The molecule has 0 radical (unpaired) electrons. The van der Waals surface area contributed by atoms with Gasteiger partial charge in [-0.15, -0.1) is 11.3 Å². The number of hydrogen-bond donors (Lipinski definition) is 0. The van der Waals surface area contributed by atoms with Crippen LogP contribution in [0.15, 0.2) is 50.2 Å². The summed E-state index contributed by atoms with van der Waals surface area (Å²) in [5, 5.41) is 0. The standard InChI is InChI=1S/C16H13BrN2OS2/c1-20-14-6-3-11(17)7-10(14)9-18-12-4-5-13-15(8-12)22-16(19-13)21-2/h3-9H,1-2H3. The molecule has 0 atom stereocenters. The van der Waals surface area contributed by atoms with Gasteiger partial charge in [0.25, 0.3) is 0 Å². The Labute approximate surface area is 145 Å².